The number of rotatable bonds is 5. The fourth-order valence-corrected chi connectivity index (χ4v) is 2.39. The van der Waals surface area contributed by atoms with E-state index in [1.807, 2.05) is 0 Å². The Bertz CT molecular complexity index is 473. The Kier molecular flexibility index (Phi) is 5.05. The Morgan fingerprint density at radius 1 is 1.24 bits per heavy atom. The molecule has 1 aliphatic heterocycles. The van der Waals surface area contributed by atoms with Crippen LogP contribution in [-0.4, -0.2) is 42.3 Å². The summed E-state index contributed by atoms with van der Waals surface area (Å²) in [6.45, 7) is 2.27. The van der Waals surface area contributed by atoms with Crippen molar-refractivity contribution in [3.63, 3.8) is 0 Å². The van der Waals surface area contributed by atoms with E-state index in [0.29, 0.717) is 12.6 Å². The summed E-state index contributed by atoms with van der Waals surface area (Å²) in [6.07, 6.45) is -3.10. The summed E-state index contributed by atoms with van der Waals surface area (Å²) in [5, 5.41) is 12.4. The molecule has 1 heterocycles. The average Bonchev–Trinajstić information content (AvgIpc) is 2.89. The third-order valence-electron chi connectivity index (χ3n) is 3.49. The maximum Gasteiger partial charge on any atom is 0.416 e. The van der Waals surface area contributed by atoms with Gasteiger partial charge >= 0.3 is 6.18 Å². The summed E-state index contributed by atoms with van der Waals surface area (Å²) in [6, 6.07) is 2.19. The van der Waals surface area contributed by atoms with Gasteiger partial charge in [-0.15, -0.1) is 0 Å². The van der Waals surface area contributed by atoms with E-state index in [9.17, 15) is 22.7 Å². The lowest BCUT2D eigenvalue weighted by Gasteiger charge is -2.20. The molecule has 0 spiro atoms. The lowest BCUT2D eigenvalue weighted by Crippen LogP contribution is -2.34. The van der Waals surface area contributed by atoms with Crippen LogP contribution in [0.5, 0.6) is 0 Å². The van der Waals surface area contributed by atoms with Crippen LogP contribution in [0.3, 0.4) is 0 Å². The summed E-state index contributed by atoms with van der Waals surface area (Å²) < 4.78 is 51.2. The van der Waals surface area contributed by atoms with Gasteiger partial charge in [-0.1, -0.05) is 0 Å². The van der Waals surface area contributed by atoms with Gasteiger partial charge in [-0.3, -0.25) is 0 Å². The Morgan fingerprint density at radius 2 is 1.90 bits per heavy atom. The number of hydrogen-bond donors (Lipinski definition) is 2. The van der Waals surface area contributed by atoms with Crippen molar-refractivity contribution >= 4 is 5.69 Å². The minimum Gasteiger partial charge on any atom is -0.390 e. The van der Waals surface area contributed by atoms with E-state index in [1.54, 1.807) is 0 Å². The molecule has 118 valence electrons. The smallest absolute Gasteiger partial charge is 0.390 e. The third kappa shape index (κ3) is 4.57. The summed E-state index contributed by atoms with van der Waals surface area (Å²) in [7, 11) is 0. The van der Waals surface area contributed by atoms with Gasteiger partial charge in [-0.25, -0.2) is 4.39 Å². The Labute approximate surface area is 120 Å². The number of aliphatic hydroxyl groups excluding tert-OH is 1. The Balaban J connectivity index is 1.92. The van der Waals surface area contributed by atoms with Crippen LogP contribution in [0, 0.1) is 5.82 Å². The van der Waals surface area contributed by atoms with E-state index < -0.39 is 23.7 Å². The largest absolute Gasteiger partial charge is 0.416 e. The van der Waals surface area contributed by atoms with Gasteiger partial charge in [0.1, 0.15) is 5.82 Å². The molecule has 3 nitrogen and oxygen atoms in total. The fraction of sp³-hybridized carbons (Fsp3) is 0.571. The zero-order chi connectivity index (χ0) is 15.5. The average molecular weight is 306 g/mol. The molecule has 1 fully saturated rings. The molecule has 1 atom stereocenters. The SMILES string of the molecule is OC(CNc1cc(C(F)(F)F)ccc1F)CN1CCCC1. The highest BCUT2D eigenvalue weighted by molar-refractivity contribution is 5.48. The first-order valence-electron chi connectivity index (χ1n) is 6.87. The molecule has 0 aliphatic carbocycles. The number of hydrogen-bond acceptors (Lipinski definition) is 3. The second-order valence-electron chi connectivity index (χ2n) is 5.23. The maximum atomic E-state index is 13.5. The van der Waals surface area contributed by atoms with Gasteiger partial charge in [0.2, 0.25) is 0 Å². The van der Waals surface area contributed by atoms with Crippen molar-refractivity contribution in [2.75, 3.05) is 31.5 Å². The molecule has 21 heavy (non-hydrogen) atoms. The van der Waals surface area contributed by atoms with E-state index in [2.05, 4.69) is 10.2 Å². The molecule has 1 aromatic rings. The summed E-state index contributed by atoms with van der Waals surface area (Å²) in [4.78, 5) is 2.08. The van der Waals surface area contributed by atoms with Gasteiger partial charge in [0.15, 0.2) is 0 Å². The number of aliphatic hydroxyl groups is 1. The van der Waals surface area contributed by atoms with E-state index in [4.69, 9.17) is 0 Å². The van der Waals surface area contributed by atoms with E-state index in [-0.39, 0.29) is 12.2 Å². The highest BCUT2D eigenvalue weighted by Gasteiger charge is 2.31. The molecule has 0 bridgehead atoms. The van der Waals surface area contributed by atoms with E-state index >= 15 is 0 Å². The minimum absolute atomic E-state index is 0.00866. The lowest BCUT2D eigenvalue weighted by atomic mass is 10.2. The molecular formula is C14H18F4N2O. The zero-order valence-electron chi connectivity index (χ0n) is 11.5. The normalized spacial score (nSPS) is 18.0. The number of anilines is 1. The van der Waals surface area contributed by atoms with Crippen molar-refractivity contribution < 1.29 is 22.7 Å². The van der Waals surface area contributed by atoms with Crippen LogP contribution in [0.1, 0.15) is 18.4 Å². The Morgan fingerprint density at radius 3 is 2.52 bits per heavy atom. The molecule has 1 unspecified atom stereocenters. The molecule has 1 aliphatic rings. The maximum absolute atomic E-state index is 13.5. The summed E-state index contributed by atoms with van der Waals surface area (Å²) >= 11 is 0. The second-order valence-corrected chi connectivity index (χ2v) is 5.23. The second kappa shape index (κ2) is 6.62. The van der Waals surface area contributed by atoms with Crippen molar-refractivity contribution in [1.29, 1.82) is 0 Å². The first-order valence-corrected chi connectivity index (χ1v) is 6.87. The Hall–Kier alpha value is -1.34. The van der Waals surface area contributed by atoms with Crippen LogP contribution in [0.15, 0.2) is 18.2 Å². The quantitative estimate of drug-likeness (QED) is 0.821. The van der Waals surface area contributed by atoms with E-state index in [0.717, 1.165) is 38.1 Å². The van der Waals surface area contributed by atoms with Crippen molar-refractivity contribution in [2.45, 2.75) is 25.1 Å². The standard InChI is InChI=1S/C14H18F4N2O/c15-12-4-3-10(14(16,17)18)7-13(12)19-8-11(21)9-20-5-1-2-6-20/h3-4,7,11,19,21H,1-2,5-6,8-9H2. The summed E-state index contributed by atoms with van der Waals surface area (Å²) in [5.74, 6) is -0.767. The van der Waals surface area contributed by atoms with Gasteiger partial charge in [0.25, 0.3) is 0 Å². The van der Waals surface area contributed by atoms with Crippen LogP contribution >= 0.6 is 0 Å². The van der Waals surface area contributed by atoms with E-state index in [1.165, 1.54) is 0 Å². The van der Waals surface area contributed by atoms with Crippen LogP contribution in [-0.2, 0) is 6.18 Å². The van der Waals surface area contributed by atoms with Crippen molar-refractivity contribution in [3.05, 3.63) is 29.6 Å². The molecule has 2 rings (SSSR count). The topological polar surface area (TPSA) is 35.5 Å². The molecule has 1 saturated heterocycles. The molecular weight excluding hydrogens is 288 g/mol. The fourth-order valence-electron chi connectivity index (χ4n) is 2.39. The molecule has 0 radical (unpaired) electrons. The number of nitrogens with zero attached hydrogens (tertiary/aromatic N) is 1. The third-order valence-corrected chi connectivity index (χ3v) is 3.49. The van der Waals surface area contributed by atoms with Crippen LogP contribution in [0.4, 0.5) is 23.2 Å². The number of nitrogens with one attached hydrogen (secondary N) is 1. The van der Waals surface area contributed by atoms with Crippen LogP contribution < -0.4 is 5.32 Å². The molecule has 7 heteroatoms. The van der Waals surface area contributed by atoms with Gasteiger partial charge in [0.05, 0.1) is 17.4 Å². The first-order chi connectivity index (χ1) is 9.86. The molecule has 0 amide bonds. The van der Waals surface area contributed by atoms with Gasteiger partial charge in [0, 0.05) is 13.1 Å². The molecule has 2 N–H and O–H groups in total. The lowest BCUT2D eigenvalue weighted by molar-refractivity contribution is -0.137. The van der Waals surface area contributed by atoms with Crippen molar-refractivity contribution in [3.8, 4) is 0 Å². The van der Waals surface area contributed by atoms with Gasteiger partial charge < -0.3 is 15.3 Å². The highest BCUT2D eigenvalue weighted by atomic mass is 19.4. The zero-order valence-corrected chi connectivity index (χ0v) is 11.5. The van der Waals surface area contributed by atoms with Crippen LogP contribution in [0.2, 0.25) is 0 Å². The van der Waals surface area contributed by atoms with Crippen molar-refractivity contribution in [1.82, 2.24) is 4.90 Å². The predicted octanol–water partition coefficient (Wildman–Crippen LogP) is 2.71. The van der Waals surface area contributed by atoms with Gasteiger partial charge in [-0.2, -0.15) is 13.2 Å². The summed E-state index contributed by atoms with van der Waals surface area (Å²) in [5.41, 5.74) is -1.16. The van der Waals surface area contributed by atoms with Gasteiger partial charge in [-0.05, 0) is 44.1 Å². The molecule has 1 aromatic carbocycles. The highest BCUT2D eigenvalue weighted by Crippen LogP contribution is 2.31. The number of β-amino-alcohol motifs (C(OH)–C–C–N with tert-alkyl or cyclic N) is 1. The number of halogens is 4. The molecule has 0 aromatic heterocycles. The molecule has 0 saturated carbocycles. The van der Waals surface area contributed by atoms with Crippen LogP contribution in [0.25, 0.3) is 0 Å². The monoisotopic (exact) mass is 306 g/mol. The number of benzene rings is 1. The number of likely N-dealkylation sites (tertiary alicyclic amines) is 1. The first kappa shape index (κ1) is 16.0. The number of alkyl halides is 3. The predicted molar refractivity (Wildman–Crippen MR) is 71.6 cm³/mol. The van der Waals surface area contributed by atoms with Crippen molar-refractivity contribution in [2.24, 2.45) is 0 Å². The minimum atomic E-state index is -4.52.